The number of anilines is 1. The molecule has 0 saturated carbocycles. The van der Waals surface area contributed by atoms with Crippen LogP contribution in [0.1, 0.15) is 15.9 Å². The Bertz CT molecular complexity index is 1320. The minimum Gasteiger partial charge on any atom is -0.507 e. The minimum absolute atomic E-state index is 0.0521. The van der Waals surface area contributed by atoms with Gasteiger partial charge in [0, 0.05) is 23.9 Å². The van der Waals surface area contributed by atoms with E-state index in [0.29, 0.717) is 16.7 Å². The maximum absolute atomic E-state index is 12.5. The number of nitrogens with zero attached hydrogens (tertiary/aromatic N) is 2. The lowest BCUT2D eigenvalue weighted by atomic mass is 10.1. The van der Waals surface area contributed by atoms with Crippen molar-refractivity contribution >= 4 is 40.0 Å². The number of aromatic nitrogens is 1. The number of aromatic hydroxyl groups is 1. The topological polar surface area (TPSA) is 118 Å². The van der Waals surface area contributed by atoms with Crippen LogP contribution in [0, 0.1) is 17.0 Å². The summed E-state index contributed by atoms with van der Waals surface area (Å²) in [4.78, 5) is 27.2. The lowest BCUT2D eigenvalue weighted by Gasteiger charge is -2.08. The molecule has 1 heterocycles. The summed E-state index contributed by atoms with van der Waals surface area (Å²) in [6.07, 6.45) is 0. The summed E-state index contributed by atoms with van der Waals surface area (Å²) in [5, 5.41) is 24.0. The number of fused-ring (bicyclic) bond motifs is 1. The molecule has 4 rings (SSSR count). The van der Waals surface area contributed by atoms with Crippen molar-refractivity contribution < 1.29 is 19.2 Å². The highest BCUT2D eigenvalue weighted by Gasteiger charge is 2.18. The third-order valence-electron chi connectivity index (χ3n) is 4.43. The standard InChI is InChI=1S/C21H14ClN3O5/c1-11-2-7-19-17(8-11)24-21(30-19)14-5-3-12(9-18(14)26)23-20(27)15-10-13(25(28)29)4-6-16(15)22/h2-10,26H,1H3,(H,23,27). The largest absolute Gasteiger partial charge is 0.507 e. The van der Waals surface area contributed by atoms with Crippen LogP contribution < -0.4 is 5.32 Å². The molecule has 1 aromatic heterocycles. The Kier molecular flexibility index (Phi) is 4.85. The first kappa shape index (κ1) is 19.4. The van der Waals surface area contributed by atoms with E-state index < -0.39 is 10.8 Å². The van der Waals surface area contributed by atoms with Crippen molar-refractivity contribution in [3.05, 3.63) is 80.9 Å². The third-order valence-corrected chi connectivity index (χ3v) is 4.76. The third kappa shape index (κ3) is 3.68. The monoisotopic (exact) mass is 423 g/mol. The van der Waals surface area contributed by atoms with Crippen molar-refractivity contribution in [3.8, 4) is 17.2 Å². The molecule has 0 saturated heterocycles. The van der Waals surface area contributed by atoms with Crippen molar-refractivity contribution in [1.29, 1.82) is 0 Å². The summed E-state index contributed by atoms with van der Waals surface area (Å²) in [6.45, 7) is 1.94. The van der Waals surface area contributed by atoms with E-state index >= 15 is 0 Å². The van der Waals surface area contributed by atoms with E-state index in [1.165, 1.54) is 18.2 Å². The summed E-state index contributed by atoms with van der Waals surface area (Å²) in [5.74, 6) is -0.554. The minimum atomic E-state index is -0.645. The van der Waals surface area contributed by atoms with Crippen LogP contribution in [0.4, 0.5) is 11.4 Å². The molecule has 8 nitrogen and oxygen atoms in total. The molecule has 9 heteroatoms. The first-order chi connectivity index (χ1) is 14.3. The van der Waals surface area contributed by atoms with Gasteiger partial charge in [0.1, 0.15) is 11.3 Å². The van der Waals surface area contributed by atoms with Crippen LogP contribution in [0.25, 0.3) is 22.6 Å². The summed E-state index contributed by atoms with van der Waals surface area (Å²) >= 11 is 5.99. The normalized spacial score (nSPS) is 10.9. The maximum Gasteiger partial charge on any atom is 0.270 e. The zero-order valence-corrected chi connectivity index (χ0v) is 16.3. The van der Waals surface area contributed by atoms with Gasteiger partial charge in [-0.15, -0.1) is 0 Å². The number of phenols is 1. The molecule has 2 N–H and O–H groups in total. The van der Waals surface area contributed by atoms with E-state index in [2.05, 4.69) is 10.3 Å². The summed E-state index contributed by atoms with van der Waals surface area (Å²) < 4.78 is 5.69. The van der Waals surface area contributed by atoms with Gasteiger partial charge in [-0.1, -0.05) is 17.7 Å². The smallest absolute Gasteiger partial charge is 0.270 e. The second-order valence-corrected chi connectivity index (χ2v) is 7.00. The Balaban J connectivity index is 1.61. The number of nitro benzene ring substituents is 1. The lowest BCUT2D eigenvalue weighted by Crippen LogP contribution is -2.12. The predicted octanol–water partition coefficient (Wildman–Crippen LogP) is 5.32. The van der Waals surface area contributed by atoms with Gasteiger partial charge in [0.05, 0.1) is 21.1 Å². The molecule has 1 amide bonds. The van der Waals surface area contributed by atoms with E-state index in [-0.39, 0.29) is 33.6 Å². The van der Waals surface area contributed by atoms with Gasteiger partial charge >= 0.3 is 0 Å². The number of carbonyl (C=O) groups excluding carboxylic acids is 1. The summed E-state index contributed by atoms with van der Waals surface area (Å²) in [6, 6.07) is 13.6. The first-order valence-electron chi connectivity index (χ1n) is 8.78. The average molecular weight is 424 g/mol. The van der Waals surface area contributed by atoms with E-state index in [1.807, 2.05) is 19.1 Å². The molecule has 3 aromatic carbocycles. The maximum atomic E-state index is 12.5. The molecule has 0 fully saturated rings. The molecule has 0 aliphatic rings. The van der Waals surface area contributed by atoms with Crippen molar-refractivity contribution in [1.82, 2.24) is 4.98 Å². The molecule has 0 radical (unpaired) electrons. The molecule has 0 bridgehead atoms. The number of hydrogen-bond donors (Lipinski definition) is 2. The molecule has 0 aliphatic carbocycles. The molecule has 0 atom stereocenters. The number of phenolic OH excluding ortho intramolecular Hbond substituents is 1. The zero-order valence-electron chi connectivity index (χ0n) is 15.5. The number of rotatable bonds is 4. The number of oxazole rings is 1. The van der Waals surface area contributed by atoms with Gasteiger partial charge in [0.25, 0.3) is 11.6 Å². The van der Waals surface area contributed by atoms with Crippen molar-refractivity contribution in [2.75, 3.05) is 5.32 Å². The Morgan fingerprint density at radius 3 is 2.70 bits per heavy atom. The number of aryl methyl sites for hydroxylation is 1. The van der Waals surface area contributed by atoms with Gasteiger partial charge in [-0.25, -0.2) is 4.98 Å². The molecule has 0 unspecified atom stereocenters. The molecule has 0 spiro atoms. The van der Waals surface area contributed by atoms with E-state index in [4.69, 9.17) is 16.0 Å². The van der Waals surface area contributed by atoms with Crippen LogP contribution in [0.15, 0.2) is 59.0 Å². The van der Waals surface area contributed by atoms with Crippen LogP contribution in [0.3, 0.4) is 0 Å². The van der Waals surface area contributed by atoms with Crippen molar-refractivity contribution in [3.63, 3.8) is 0 Å². The van der Waals surface area contributed by atoms with Crippen molar-refractivity contribution in [2.45, 2.75) is 6.92 Å². The Labute approximate surface area is 174 Å². The fourth-order valence-corrected chi connectivity index (χ4v) is 3.15. The van der Waals surface area contributed by atoms with Gasteiger partial charge in [0.2, 0.25) is 5.89 Å². The Hall–Kier alpha value is -3.91. The predicted molar refractivity (Wildman–Crippen MR) is 112 cm³/mol. The highest BCUT2D eigenvalue weighted by molar-refractivity contribution is 6.34. The van der Waals surface area contributed by atoms with Crippen LogP contribution in [-0.4, -0.2) is 20.9 Å². The zero-order chi connectivity index (χ0) is 21.4. The lowest BCUT2D eigenvalue weighted by molar-refractivity contribution is -0.384. The Morgan fingerprint density at radius 1 is 1.17 bits per heavy atom. The quantitative estimate of drug-likeness (QED) is 0.338. The Morgan fingerprint density at radius 2 is 1.97 bits per heavy atom. The molecule has 0 aliphatic heterocycles. The summed E-state index contributed by atoms with van der Waals surface area (Å²) in [7, 11) is 0. The van der Waals surface area contributed by atoms with Gasteiger partial charge < -0.3 is 14.8 Å². The number of hydrogen-bond acceptors (Lipinski definition) is 6. The fraction of sp³-hybridized carbons (Fsp3) is 0.0476. The van der Waals surface area contributed by atoms with E-state index in [1.54, 1.807) is 18.2 Å². The number of carbonyl (C=O) groups is 1. The average Bonchev–Trinajstić information content (AvgIpc) is 3.10. The fourth-order valence-electron chi connectivity index (χ4n) is 2.94. The van der Waals surface area contributed by atoms with Gasteiger partial charge in [-0.05, 0) is 42.8 Å². The summed E-state index contributed by atoms with van der Waals surface area (Å²) in [5.41, 5.74) is 2.61. The van der Waals surface area contributed by atoms with Crippen LogP contribution in [0.2, 0.25) is 5.02 Å². The van der Waals surface area contributed by atoms with E-state index in [9.17, 15) is 20.0 Å². The SMILES string of the molecule is Cc1ccc2oc(-c3ccc(NC(=O)c4cc([N+](=O)[O-])ccc4Cl)cc3O)nc2c1. The number of nitro groups is 1. The molecule has 150 valence electrons. The first-order valence-corrected chi connectivity index (χ1v) is 9.15. The number of benzene rings is 3. The highest BCUT2D eigenvalue weighted by atomic mass is 35.5. The molecular weight excluding hydrogens is 410 g/mol. The highest BCUT2D eigenvalue weighted by Crippen LogP contribution is 2.33. The number of nitrogens with one attached hydrogen (secondary N) is 1. The van der Waals surface area contributed by atoms with Gasteiger partial charge in [0.15, 0.2) is 5.58 Å². The number of non-ortho nitro benzene ring substituents is 1. The second kappa shape index (κ2) is 7.49. The molecule has 30 heavy (non-hydrogen) atoms. The second-order valence-electron chi connectivity index (χ2n) is 6.60. The van der Waals surface area contributed by atoms with Gasteiger partial charge in [-0.3, -0.25) is 14.9 Å². The van der Waals surface area contributed by atoms with Crippen LogP contribution in [-0.2, 0) is 0 Å². The molecular formula is C21H14ClN3O5. The van der Waals surface area contributed by atoms with Crippen molar-refractivity contribution in [2.24, 2.45) is 0 Å². The molecule has 4 aromatic rings. The number of amides is 1. The van der Waals surface area contributed by atoms with Crippen LogP contribution >= 0.6 is 11.6 Å². The van der Waals surface area contributed by atoms with Crippen LogP contribution in [0.5, 0.6) is 5.75 Å². The number of halogens is 1. The van der Waals surface area contributed by atoms with E-state index in [0.717, 1.165) is 11.6 Å². The van der Waals surface area contributed by atoms with Gasteiger partial charge in [-0.2, -0.15) is 0 Å².